The molecule has 0 aliphatic rings. The largest absolute Gasteiger partial charge is 0.647 e. The van der Waals surface area contributed by atoms with Gasteiger partial charge in [0.2, 0.25) is 0 Å². The summed E-state index contributed by atoms with van der Waals surface area (Å²) in [5.41, 5.74) is 2.39. The number of phosphoric acid groups is 1. The second kappa shape index (κ2) is 10.6. The van der Waals surface area contributed by atoms with Crippen molar-refractivity contribution in [3.05, 3.63) is 102 Å². The van der Waals surface area contributed by atoms with Crippen molar-refractivity contribution >= 4 is 18.6 Å². The lowest BCUT2D eigenvalue weighted by Crippen LogP contribution is -2.08. The van der Waals surface area contributed by atoms with Gasteiger partial charge in [0.1, 0.15) is 17.2 Å². The van der Waals surface area contributed by atoms with Gasteiger partial charge in [0, 0.05) is 5.39 Å². The predicted molar refractivity (Wildman–Crippen MR) is 134 cm³/mol. The molecule has 0 heterocycles. The van der Waals surface area contributed by atoms with E-state index < -0.39 is 7.82 Å². The average Bonchev–Trinajstić information content (AvgIpc) is 2.82. The van der Waals surface area contributed by atoms with E-state index in [4.69, 9.17) is 13.6 Å². The van der Waals surface area contributed by atoms with Crippen LogP contribution in [0.1, 0.15) is 37.8 Å². The Morgan fingerprint density at radius 3 is 1.67 bits per heavy atom. The third-order valence-electron chi connectivity index (χ3n) is 5.32. The van der Waals surface area contributed by atoms with E-state index in [1.807, 2.05) is 60.7 Å². The number of hydrogen-bond donors (Lipinski definition) is 0. The Balaban J connectivity index is 1.65. The van der Waals surface area contributed by atoms with Crippen LogP contribution in [0.2, 0.25) is 0 Å². The quantitative estimate of drug-likeness (QED) is 0.223. The van der Waals surface area contributed by atoms with Crippen molar-refractivity contribution < 1.29 is 18.1 Å². The van der Waals surface area contributed by atoms with Gasteiger partial charge < -0.3 is 13.6 Å². The van der Waals surface area contributed by atoms with Crippen LogP contribution in [0, 0.1) is 0 Å². The molecule has 5 heteroatoms. The van der Waals surface area contributed by atoms with Crippen LogP contribution >= 0.6 is 7.82 Å². The first-order chi connectivity index (χ1) is 16.1. The van der Waals surface area contributed by atoms with Gasteiger partial charge in [0.15, 0.2) is 0 Å². The Hall–Kier alpha value is -3.23. The zero-order valence-electron chi connectivity index (χ0n) is 19.1. The summed E-state index contributed by atoms with van der Waals surface area (Å²) in [5.74, 6) is 1.31. The van der Waals surface area contributed by atoms with Crippen molar-refractivity contribution in [2.75, 3.05) is 0 Å². The molecule has 4 rings (SSSR count). The Kier molecular flexibility index (Phi) is 7.36. The molecule has 0 unspecified atom stereocenters. The summed E-state index contributed by atoms with van der Waals surface area (Å²) in [7, 11) is -4.05. The van der Waals surface area contributed by atoms with E-state index in [0.29, 0.717) is 17.2 Å². The summed E-state index contributed by atoms with van der Waals surface area (Å²) in [5, 5.41) is 1.82. The summed E-state index contributed by atoms with van der Waals surface area (Å²) in [6, 6.07) is 28.5. The SMILES string of the molecule is CCCc1ccc(OP(=O)(Oc2ccc(CCC)cc2)Oc2cccc3ccccc23)cc1. The molecule has 33 heavy (non-hydrogen) atoms. The topological polar surface area (TPSA) is 44.8 Å². The van der Waals surface area contributed by atoms with E-state index in [1.165, 1.54) is 11.1 Å². The van der Waals surface area contributed by atoms with Gasteiger partial charge in [-0.2, -0.15) is 4.57 Å². The number of hydrogen-bond acceptors (Lipinski definition) is 4. The summed E-state index contributed by atoms with van der Waals surface area (Å²) in [4.78, 5) is 0. The maximum atomic E-state index is 13.9. The smallest absolute Gasteiger partial charge is 0.386 e. The monoisotopic (exact) mass is 460 g/mol. The van der Waals surface area contributed by atoms with Crippen LogP contribution in [0.3, 0.4) is 0 Å². The van der Waals surface area contributed by atoms with Crippen molar-refractivity contribution in [3.8, 4) is 17.2 Å². The summed E-state index contributed by atoms with van der Waals surface area (Å²) in [6.45, 7) is 4.27. The van der Waals surface area contributed by atoms with Gasteiger partial charge in [-0.25, -0.2) is 0 Å². The number of phosphoric ester groups is 1. The van der Waals surface area contributed by atoms with Crippen molar-refractivity contribution in [2.45, 2.75) is 39.5 Å². The molecule has 0 aliphatic carbocycles. The van der Waals surface area contributed by atoms with E-state index in [1.54, 1.807) is 30.3 Å². The van der Waals surface area contributed by atoms with Crippen molar-refractivity contribution in [1.82, 2.24) is 0 Å². The zero-order valence-corrected chi connectivity index (χ0v) is 20.0. The average molecular weight is 461 g/mol. The van der Waals surface area contributed by atoms with Gasteiger partial charge in [-0.1, -0.05) is 87.4 Å². The number of rotatable bonds is 10. The maximum Gasteiger partial charge on any atom is 0.647 e. The first-order valence-electron chi connectivity index (χ1n) is 11.4. The van der Waals surface area contributed by atoms with E-state index in [2.05, 4.69) is 13.8 Å². The minimum atomic E-state index is -4.05. The van der Waals surface area contributed by atoms with Crippen molar-refractivity contribution in [2.24, 2.45) is 0 Å². The number of aryl methyl sites for hydroxylation is 2. The highest BCUT2D eigenvalue weighted by Gasteiger charge is 2.33. The lowest BCUT2D eigenvalue weighted by Gasteiger charge is -2.20. The molecule has 0 spiro atoms. The van der Waals surface area contributed by atoms with Crippen LogP contribution in [0.5, 0.6) is 17.2 Å². The first kappa shape index (κ1) is 22.9. The third-order valence-corrected chi connectivity index (χ3v) is 6.61. The fraction of sp³-hybridized carbons (Fsp3) is 0.214. The molecule has 0 radical (unpaired) electrons. The van der Waals surface area contributed by atoms with Crippen LogP contribution in [-0.2, 0) is 17.4 Å². The molecular formula is C28H29O4P. The Labute approximate surface area is 195 Å². The Morgan fingerprint density at radius 2 is 1.12 bits per heavy atom. The fourth-order valence-electron chi connectivity index (χ4n) is 3.72. The van der Waals surface area contributed by atoms with Gasteiger partial charge in [0.05, 0.1) is 0 Å². The lowest BCUT2D eigenvalue weighted by molar-refractivity contribution is 0.299. The Morgan fingerprint density at radius 1 is 0.606 bits per heavy atom. The molecule has 170 valence electrons. The molecule has 0 N–H and O–H groups in total. The van der Waals surface area contributed by atoms with Crippen LogP contribution in [0.25, 0.3) is 10.8 Å². The molecule has 0 aliphatic heterocycles. The molecule has 4 aromatic rings. The molecule has 0 aromatic heterocycles. The summed E-state index contributed by atoms with van der Waals surface area (Å²) < 4.78 is 31.7. The van der Waals surface area contributed by atoms with Crippen LogP contribution in [-0.4, -0.2) is 0 Å². The fourth-order valence-corrected chi connectivity index (χ4v) is 4.99. The van der Waals surface area contributed by atoms with Gasteiger partial charge >= 0.3 is 7.82 Å². The highest BCUT2D eigenvalue weighted by atomic mass is 31.2. The van der Waals surface area contributed by atoms with Gasteiger partial charge in [-0.3, -0.25) is 0 Å². The predicted octanol–water partition coefficient (Wildman–Crippen LogP) is 8.39. The summed E-state index contributed by atoms with van der Waals surface area (Å²) >= 11 is 0. The first-order valence-corrected chi connectivity index (χ1v) is 12.9. The van der Waals surface area contributed by atoms with E-state index in [-0.39, 0.29) is 0 Å². The normalized spacial score (nSPS) is 11.3. The zero-order chi connectivity index (χ0) is 23.1. The molecule has 4 nitrogen and oxygen atoms in total. The van der Waals surface area contributed by atoms with Crippen molar-refractivity contribution in [3.63, 3.8) is 0 Å². The molecule has 0 saturated carbocycles. The van der Waals surface area contributed by atoms with Crippen LogP contribution in [0.15, 0.2) is 91.0 Å². The lowest BCUT2D eigenvalue weighted by atomic mass is 10.1. The molecule has 0 atom stereocenters. The standard InChI is InChI=1S/C28H29O4P/c1-3-8-22-14-18-25(19-15-22)30-33(29,31-26-20-16-23(9-4-2)17-21-26)32-28-13-7-11-24-10-5-6-12-27(24)28/h5-7,10-21H,3-4,8-9H2,1-2H3. The third kappa shape index (κ3) is 5.97. The van der Waals surface area contributed by atoms with Gasteiger partial charge in [-0.15, -0.1) is 0 Å². The van der Waals surface area contributed by atoms with Crippen LogP contribution < -0.4 is 13.6 Å². The highest BCUT2D eigenvalue weighted by Crippen LogP contribution is 2.51. The van der Waals surface area contributed by atoms with Crippen LogP contribution in [0.4, 0.5) is 0 Å². The minimum absolute atomic E-state index is 0.432. The highest BCUT2D eigenvalue weighted by molar-refractivity contribution is 7.49. The maximum absolute atomic E-state index is 13.9. The van der Waals surface area contributed by atoms with E-state index in [0.717, 1.165) is 36.5 Å². The second-order valence-corrected chi connectivity index (χ2v) is 9.43. The van der Waals surface area contributed by atoms with E-state index >= 15 is 0 Å². The number of benzene rings is 4. The molecule has 4 aromatic carbocycles. The molecule has 0 fully saturated rings. The second-order valence-electron chi connectivity index (χ2n) is 7.99. The van der Waals surface area contributed by atoms with Gasteiger partial charge in [-0.05, 0) is 59.7 Å². The molecule has 0 bridgehead atoms. The molecular weight excluding hydrogens is 431 g/mol. The van der Waals surface area contributed by atoms with Gasteiger partial charge in [0.25, 0.3) is 0 Å². The molecule has 0 amide bonds. The minimum Gasteiger partial charge on any atom is -0.386 e. The Bertz CT molecular complexity index is 1170. The summed E-state index contributed by atoms with van der Waals surface area (Å²) in [6.07, 6.45) is 4.07. The van der Waals surface area contributed by atoms with E-state index in [9.17, 15) is 4.57 Å². The number of fused-ring (bicyclic) bond motifs is 1. The molecule has 0 saturated heterocycles. The van der Waals surface area contributed by atoms with Crippen molar-refractivity contribution in [1.29, 1.82) is 0 Å².